The lowest BCUT2D eigenvalue weighted by Gasteiger charge is -2.32. The van der Waals surface area contributed by atoms with Gasteiger partial charge in [0.2, 0.25) is 0 Å². The molecule has 19 heavy (non-hydrogen) atoms. The molecule has 1 aromatic carbocycles. The van der Waals surface area contributed by atoms with Crippen LogP contribution < -0.4 is 5.32 Å². The maximum atomic E-state index is 13.5. The molecule has 0 saturated heterocycles. The van der Waals surface area contributed by atoms with Crippen molar-refractivity contribution in [1.82, 2.24) is 10.2 Å². The van der Waals surface area contributed by atoms with Crippen LogP contribution in [0.1, 0.15) is 29.8 Å². The molecule has 0 bridgehead atoms. The Kier molecular flexibility index (Phi) is 5.03. The van der Waals surface area contributed by atoms with Crippen molar-refractivity contribution in [2.24, 2.45) is 0 Å². The monoisotopic (exact) mass is 268 g/mol. The van der Waals surface area contributed by atoms with Gasteiger partial charge in [-0.2, -0.15) is 0 Å². The molecule has 4 nitrogen and oxygen atoms in total. The molecular formula is C14H21FN2O2. The van der Waals surface area contributed by atoms with Crippen molar-refractivity contribution >= 4 is 5.97 Å². The van der Waals surface area contributed by atoms with Crippen LogP contribution >= 0.6 is 0 Å². The molecule has 0 aliphatic rings. The number of carboxylic acids is 1. The number of benzene rings is 1. The number of aromatic carboxylic acids is 1. The highest BCUT2D eigenvalue weighted by atomic mass is 19.1. The van der Waals surface area contributed by atoms with Gasteiger partial charge < -0.3 is 15.3 Å². The summed E-state index contributed by atoms with van der Waals surface area (Å²) >= 11 is 0. The first-order chi connectivity index (χ1) is 8.74. The summed E-state index contributed by atoms with van der Waals surface area (Å²) in [5.41, 5.74) is 0.439. The first-order valence-electron chi connectivity index (χ1n) is 6.14. The number of rotatable bonds is 6. The van der Waals surface area contributed by atoms with Crippen LogP contribution in [0.5, 0.6) is 0 Å². The third-order valence-corrected chi connectivity index (χ3v) is 3.36. The second-order valence-electron chi connectivity index (χ2n) is 5.43. The van der Waals surface area contributed by atoms with Gasteiger partial charge in [0.15, 0.2) is 0 Å². The van der Waals surface area contributed by atoms with E-state index in [1.54, 1.807) is 6.07 Å². The number of carbonyl (C=O) groups is 1. The molecule has 0 atom stereocenters. The predicted molar refractivity (Wildman–Crippen MR) is 72.8 cm³/mol. The van der Waals surface area contributed by atoms with Crippen molar-refractivity contribution in [2.45, 2.75) is 25.9 Å². The molecule has 0 aromatic heterocycles. The Morgan fingerprint density at radius 2 is 2.05 bits per heavy atom. The summed E-state index contributed by atoms with van der Waals surface area (Å²) in [6.45, 7) is 5.47. The fraction of sp³-hybridized carbons (Fsp3) is 0.500. The van der Waals surface area contributed by atoms with Gasteiger partial charge in [0.25, 0.3) is 0 Å². The van der Waals surface area contributed by atoms with Crippen molar-refractivity contribution in [1.29, 1.82) is 0 Å². The number of likely N-dealkylation sites (N-methyl/N-ethyl adjacent to an activating group) is 1. The maximum absolute atomic E-state index is 13.5. The lowest BCUT2D eigenvalue weighted by Crippen LogP contribution is -2.46. The summed E-state index contributed by atoms with van der Waals surface area (Å²) in [7, 11) is 4.01. The topological polar surface area (TPSA) is 52.6 Å². The summed E-state index contributed by atoms with van der Waals surface area (Å²) in [6.07, 6.45) is 0. The molecule has 0 radical (unpaired) electrons. The number of hydrogen-bond donors (Lipinski definition) is 2. The van der Waals surface area contributed by atoms with Crippen molar-refractivity contribution in [2.75, 3.05) is 20.6 Å². The molecule has 1 rings (SSSR count). The van der Waals surface area contributed by atoms with E-state index in [0.717, 1.165) is 12.1 Å². The number of hydrogen-bond acceptors (Lipinski definition) is 3. The van der Waals surface area contributed by atoms with E-state index in [1.165, 1.54) is 12.1 Å². The van der Waals surface area contributed by atoms with Crippen molar-refractivity contribution in [3.05, 3.63) is 35.1 Å². The molecule has 0 aliphatic heterocycles. The van der Waals surface area contributed by atoms with E-state index in [1.807, 2.05) is 14.1 Å². The van der Waals surface area contributed by atoms with Crippen LogP contribution in [0, 0.1) is 5.82 Å². The summed E-state index contributed by atoms with van der Waals surface area (Å²) < 4.78 is 13.5. The smallest absolute Gasteiger partial charge is 0.338 e. The van der Waals surface area contributed by atoms with E-state index in [9.17, 15) is 9.18 Å². The van der Waals surface area contributed by atoms with E-state index in [0.29, 0.717) is 6.54 Å². The van der Waals surface area contributed by atoms with Crippen LogP contribution in [0.3, 0.4) is 0 Å². The van der Waals surface area contributed by atoms with Crippen LogP contribution in [0.4, 0.5) is 4.39 Å². The van der Waals surface area contributed by atoms with Gasteiger partial charge in [-0.15, -0.1) is 0 Å². The average molecular weight is 268 g/mol. The summed E-state index contributed by atoms with van der Waals surface area (Å²) in [6, 6.07) is 4.19. The minimum absolute atomic E-state index is 0.000447. The molecule has 1 aromatic rings. The van der Waals surface area contributed by atoms with E-state index in [4.69, 9.17) is 5.11 Å². The third-order valence-electron chi connectivity index (χ3n) is 3.36. The zero-order valence-electron chi connectivity index (χ0n) is 11.8. The first-order valence-corrected chi connectivity index (χ1v) is 6.14. The molecule has 0 heterocycles. The Hall–Kier alpha value is -1.46. The second-order valence-corrected chi connectivity index (χ2v) is 5.43. The molecule has 0 unspecified atom stereocenters. The zero-order chi connectivity index (χ0) is 14.6. The van der Waals surface area contributed by atoms with Crippen molar-refractivity contribution in [3.63, 3.8) is 0 Å². The first kappa shape index (κ1) is 15.6. The molecule has 0 spiro atoms. The Bertz CT molecular complexity index is 459. The van der Waals surface area contributed by atoms with Gasteiger partial charge in [-0.25, -0.2) is 9.18 Å². The fourth-order valence-electron chi connectivity index (χ4n) is 1.51. The Labute approximate surface area is 113 Å². The van der Waals surface area contributed by atoms with Gasteiger partial charge >= 0.3 is 5.97 Å². The van der Waals surface area contributed by atoms with Crippen LogP contribution in [0.2, 0.25) is 0 Å². The normalized spacial score (nSPS) is 11.9. The van der Waals surface area contributed by atoms with Gasteiger partial charge in [-0.1, -0.05) is 6.07 Å². The van der Waals surface area contributed by atoms with E-state index in [2.05, 4.69) is 24.1 Å². The van der Waals surface area contributed by atoms with Crippen LogP contribution in [0.15, 0.2) is 18.2 Å². The molecule has 2 N–H and O–H groups in total. The van der Waals surface area contributed by atoms with Crippen LogP contribution in [-0.4, -0.2) is 42.2 Å². The number of nitrogens with one attached hydrogen (secondary N) is 1. The Morgan fingerprint density at radius 3 is 2.53 bits per heavy atom. The fourth-order valence-corrected chi connectivity index (χ4v) is 1.51. The molecule has 0 fully saturated rings. The van der Waals surface area contributed by atoms with Gasteiger partial charge in [0.05, 0.1) is 5.56 Å². The standard InChI is InChI=1S/C14H21FN2O2/c1-14(2,17(3)4)9-16-8-10-5-6-11(13(18)19)12(15)7-10/h5-7,16H,8-9H2,1-4H3,(H,18,19). The quantitative estimate of drug-likeness (QED) is 0.828. The molecule has 0 amide bonds. The van der Waals surface area contributed by atoms with Crippen LogP contribution in [0.25, 0.3) is 0 Å². The highest BCUT2D eigenvalue weighted by Crippen LogP contribution is 2.12. The zero-order valence-corrected chi connectivity index (χ0v) is 11.8. The molecule has 5 heteroatoms. The highest BCUT2D eigenvalue weighted by Gasteiger charge is 2.19. The summed E-state index contributed by atoms with van der Waals surface area (Å²) in [5, 5.41) is 12.0. The lowest BCUT2D eigenvalue weighted by molar-refractivity contribution is 0.0692. The SMILES string of the molecule is CN(C)C(C)(C)CNCc1ccc(C(=O)O)c(F)c1. The second kappa shape index (κ2) is 6.12. The summed E-state index contributed by atoms with van der Waals surface area (Å²) in [5.74, 6) is -1.94. The Balaban J connectivity index is 2.60. The van der Waals surface area contributed by atoms with E-state index < -0.39 is 11.8 Å². The molecule has 0 aliphatic carbocycles. The Morgan fingerprint density at radius 1 is 1.42 bits per heavy atom. The molecule has 106 valence electrons. The van der Waals surface area contributed by atoms with Gasteiger partial charge in [-0.05, 0) is 45.6 Å². The van der Waals surface area contributed by atoms with Gasteiger partial charge in [0.1, 0.15) is 5.82 Å². The van der Waals surface area contributed by atoms with Crippen molar-refractivity contribution < 1.29 is 14.3 Å². The molecule has 0 saturated carbocycles. The van der Waals surface area contributed by atoms with E-state index in [-0.39, 0.29) is 11.1 Å². The number of carboxylic acid groups (broad SMARTS) is 1. The lowest BCUT2D eigenvalue weighted by atomic mass is 10.0. The van der Waals surface area contributed by atoms with E-state index >= 15 is 0 Å². The van der Waals surface area contributed by atoms with Gasteiger partial charge in [-0.3, -0.25) is 0 Å². The predicted octanol–water partition coefficient (Wildman–Crippen LogP) is 1.95. The highest BCUT2D eigenvalue weighted by molar-refractivity contribution is 5.87. The maximum Gasteiger partial charge on any atom is 0.338 e. The average Bonchev–Trinajstić information content (AvgIpc) is 2.28. The molecular weight excluding hydrogens is 247 g/mol. The number of nitrogens with zero attached hydrogens (tertiary/aromatic N) is 1. The number of halogens is 1. The minimum atomic E-state index is -1.24. The third kappa shape index (κ3) is 4.29. The van der Waals surface area contributed by atoms with Crippen molar-refractivity contribution in [3.8, 4) is 0 Å². The van der Waals surface area contributed by atoms with Gasteiger partial charge in [0, 0.05) is 18.6 Å². The largest absolute Gasteiger partial charge is 0.478 e. The van der Waals surface area contributed by atoms with Crippen LogP contribution in [-0.2, 0) is 6.54 Å². The minimum Gasteiger partial charge on any atom is -0.478 e. The summed E-state index contributed by atoms with van der Waals surface area (Å²) in [4.78, 5) is 12.8.